The molecule has 8 heteroatoms. The summed E-state index contributed by atoms with van der Waals surface area (Å²) in [5.74, 6) is 0.452. The zero-order valence-electron chi connectivity index (χ0n) is 12.9. The second kappa shape index (κ2) is 5.91. The predicted molar refractivity (Wildman–Crippen MR) is 82.2 cm³/mol. The van der Waals surface area contributed by atoms with Crippen LogP contribution in [0.3, 0.4) is 0 Å². The lowest BCUT2D eigenvalue weighted by molar-refractivity contribution is 0.101. The Bertz CT molecular complexity index is 833. The largest absolute Gasteiger partial charge is 0.496 e. The van der Waals surface area contributed by atoms with Crippen LogP contribution in [-0.4, -0.2) is 33.0 Å². The van der Waals surface area contributed by atoms with Gasteiger partial charge in [-0.2, -0.15) is 5.10 Å². The standard InChI is InChI=1S/C15H15N5O3/c1-9-8-11(19-20(9)2)13(21)16-15-18-17-14(23-15)10-6-4-5-7-12(10)22-3/h4-8H,1-3H3,(H,16,18,21). The molecule has 0 fully saturated rings. The number of nitrogens with one attached hydrogen (secondary N) is 1. The zero-order chi connectivity index (χ0) is 16.4. The van der Waals surface area contributed by atoms with Crippen LogP contribution in [-0.2, 0) is 7.05 Å². The van der Waals surface area contributed by atoms with Crippen LogP contribution in [0.15, 0.2) is 34.7 Å². The number of anilines is 1. The van der Waals surface area contributed by atoms with Gasteiger partial charge in [0.2, 0.25) is 0 Å². The molecule has 0 aliphatic carbocycles. The van der Waals surface area contributed by atoms with E-state index in [-0.39, 0.29) is 17.6 Å². The number of aromatic nitrogens is 4. The second-order valence-electron chi connectivity index (χ2n) is 4.86. The van der Waals surface area contributed by atoms with Gasteiger partial charge in [0, 0.05) is 12.7 Å². The van der Waals surface area contributed by atoms with Crippen LogP contribution in [0.4, 0.5) is 6.01 Å². The molecule has 1 amide bonds. The maximum atomic E-state index is 12.1. The highest BCUT2D eigenvalue weighted by atomic mass is 16.5. The Labute approximate surface area is 132 Å². The number of ether oxygens (including phenoxy) is 1. The van der Waals surface area contributed by atoms with E-state index in [0.717, 1.165) is 5.69 Å². The average molecular weight is 313 g/mol. The van der Waals surface area contributed by atoms with Crippen LogP contribution in [0, 0.1) is 6.92 Å². The predicted octanol–water partition coefficient (Wildman–Crippen LogP) is 2.04. The van der Waals surface area contributed by atoms with Crippen molar-refractivity contribution in [3.05, 3.63) is 41.7 Å². The molecular weight excluding hydrogens is 298 g/mol. The van der Waals surface area contributed by atoms with Crippen molar-refractivity contribution >= 4 is 11.9 Å². The number of methoxy groups -OCH3 is 1. The van der Waals surface area contributed by atoms with E-state index in [9.17, 15) is 4.79 Å². The number of hydrogen-bond acceptors (Lipinski definition) is 6. The summed E-state index contributed by atoms with van der Waals surface area (Å²) < 4.78 is 12.3. The number of aryl methyl sites for hydroxylation is 2. The molecule has 0 saturated carbocycles. The third-order valence-corrected chi connectivity index (χ3v) is 3.33. The fourth-order valence-electron chi connectivity index (χ4n) is 2.04. The summed E-state index contributed by atoms with van der Waals surface area (Å²) in [6, 6.07) is 8.92. The van der Waals surface area contributed by atoms with Crippen molar-refractivity contribution in [2.75, 3.05) is 12.4 Å². The van der Waals surface area contributed by atoms with Gasteiger partial charge in [0.25, 0.3) is 11.8 Å². The van der Waals surface area contributed by atoms with Gasteiger partial charge in [-0.25, -0.2) is 0 Å². The molecular formula is C15H15N5O3. The summed E-state index contributed by atoms with van der Waals surface area (Å²) in [5.41, 5.74) is 1.80. The molecule has 0 aliphatic heterocycles. The molecule has 8 nitrogen and oxygen atoms in total. The summed E-state index contributed by atoms with van der Waals surface area (Å²) >= 11 is 0. The fourth-order valence-corrected chi connectivity index (χ4v) is 2.04. The normalized spacial score (nSPS) is 10.6. The highest BCUT2D eigenvalue weighted by molar-refractivity contribution is 6.01. The molecule has 3 aromatic rings. The number of benzene rings is 1. The lowest BCUT2D eigenvalue weighted by Crippen LogP contribution is -2.13. The van der Waals surface area contributed by atoms with Crippen molar-refractivity contribution in [2.45, 2.75) is 6.92 Å². The highest BCUT2D eigenvalue weighted by Crippen LogP contribution is 2.29. The number of carbonyl (C=O) groups excluding carboxylic acids is 1. The van der Waals surface area contributed by atoms with Crippen LogP contribution in [0.1, 0.15) is 16.2 Å². The molecule has 23 heavy (non-hydrogen) atoms. The minimum atomic E-state index is -0.413. The number of hydrogen-bond donors (Lipinski definition) is 1. The van der Waals surface area contributed by atoms with E-state index in [1.165, 1.54) is 0 Å². The highest BCUT2D eigenvalue weighted by Gasteiger charge is 2.17. The quantitative estimate of drug-likeness (QED) is 0.792. The van der Waals surface area contributed by atoms with Crippen LogP contribution in [0.5, 0.6) is 5.75 Å². The van der Waals surface area contributed by atoms with E-state index in [2.05, 4.69) is 20.6 Å². The van der Waals surface area contributed by atoms with Gasteiger partial charge < -0.3 is 9.15 Å². The molecule has 2 heterocycles. The number of carbonyl (C=O) groups is 1. The Balaban J connectivity index is 1.81. The minimum absolute atomic E-state index is 0.000729. The fraction of sp³-hybridized carbons (Fsp3) is 0.200. The third-order valence-electron chi connectivity index (χ3n) is 3.33. The molecule has 3 rings (SSSR count). The minimum Gasteiger partial charge on any atom is -0.496 e. The molecule has 0 unspecified atom stereocenters. The van der Waals surface area contributed by atoms with Crippen LogP contribution < -0.4 is 10.1 Å². The second-order valence-corrected chi connectivity index (χ2v) is 4.86. The van der Waals surface area contributed by atoms with Crippen LogP contribution in [0.2, 0.25) is 0 Å². The lowest BCUT2D eigenvalue weighted by Gasteiger charge is -2.03. The Morgan fingerprint density at radius 3 is 2.78 bits per heavy atom. The maximum absolute atomic E-state index is 12.1. The molecule has 0 atom stereocenters. The molecule has 0 radical (unpaired) electrons. The summed E-state index contributed by atoms with van der Waals surface area (Å²) in [5, 5.41) is 14.4. The van der Waals surface area contributed by atoms with Gasteiger partial charge in [-0.3, -0.25) is 14.8 Å². The Morgan fingerprint density at radius 1 is 1.30 bits per heavy atom. The zero-order valence-corrected chi connectivity index (χ0v) is 12.9. The van der Waals surface area contributed by atoms with E-state index in [1.807, 2.05) is 19.1 Å². The van der Waals surface area contributed by atoms with Gasteiger partial charge in [-0.1, -0.05) is 17.2 Å². The average Bonchev–Trinajstić information content (AvgIpc) is 3.14. The molecule has 0 bridgehead atoms. The van der Waals surface area contributed by atoms with Gasteiger partial charge in [0.1, 0.15) is 5.75 Å². The van der Waals surface area contributed by atoms with Gasteiger partial charge in [-0.05, 0) is 25.1 Å². The first-order valence-electron chi connectivity index (χ1n) is 6.87. The molecule has 1 N–H and O–H groups in total. The van der Waals surface area contributed by atoms with Gasteiger partial charge in [0.15, 0.2) is 5.69 Å². The Kier molecular flexibility index (Phi) is 3.80. The molecule has 2 aromatic heterocycles. The first-order chi connectivity index (χ1) is 11.1. The molecule has 0 spiro atoms. The van der Waals surface area contributed by atoms with E-state index >= 15 is 0 Å². The number of amides is 1. The summed E-state index contributed by atoms with van der Waals surface area (Å²) in [6.07, 6.45) is 0. The van der Waals surface area contributed by atoms with Crippen molar-refractivity contribution in [3.63, 3.8) is 0 Å². The van der Waals surface area contributed by atoms with Crippen molar-refractivity contribution < 1.29 is 13.9 Å². The van der Waals surface area contributed by atoms with E-state index < -0.39 is 5.91 Å². The Morgan fingerprint density at radius 2 is 2.09 bits per heavy atom. The van der Waals surface area contributed by atoms with Gasteiger partial charge in [-0.15, -0.1) is 5.10 Å². The van der Waals surface area contributed by atoms with Crippen LogP contribution in [0.25, 0.3) is 11.5 Å². The molecule has 1 aromatic carbocycles. The van der Waals surface area contributed by atoms with Crippen molar-refractivity contribution in [1.29, 1.82) is 0 Å². The van der Waals surface area contributed by atoms with Crippen molar-refractivity contribution in [2.24, 2.45) is 7.05 Å². The van der Waals surface area contributed by atoms with E-state index in [1.54, 1.807) is 37.0 Å². The summed E-state index contributed by atoms with van der Waals surface area (Å²) in [7, 11) is 3.32. The van der Waals surface area contributed by atoms with E-state index in [0.29, 0.717) is 11.3 Å². The smallest absolute Gasteiger partial charge is 0.322 e. The summed E-state index contributed by atoms with van der Waals surface area (Å²) in [4.78, 5) is 12.1. The van der Waals surface area contributed by atoms with Crippen molar-refractivity contribution in [3.8, 4) is 17.2 Å². The maximum Gasteiger partial charge on any atom is 0.322 e. The monoisotopic (exact) mass is 313 g/mol. The SMILES string of the molecule is COc1ccccc1-c1nnc(NC(=O)c2cc(C)n(C)n2)o1. The molecule has 0 saturated heterocycles. The first-order valence-corrected chi connectivity index (χ1v) is 6.87. The first kappa shape index (κ1) is 14.8. The number of nitrogens with zero attached hydrogens (tertiary/aromatic N) is 4. The van der Waals surface area contributed by atoms with Crippen molar-refractivity contribution in [1.82, 2.24) is 20.0 Å². The third kappa shape index (κ3) is 2.91. The number of rotatable bonds is 4. The van der Waals surface area contributed by atoms with Gasteiger partial charge in [0.05, 0.1) is 12.7 Å². The molecule has 118 valence electrons. The number of para-hydroxylation sites is 1. The van der Waals surface area contributed by atoms with Crippen LogP contribution >= 0.6 is 0 Å². The lowest BCUT2D eigenvalue weighted by atomic mass is 10.2. The molecule has 0 aliphatic rings. The van der Waals surface area contributed by atoms with Gasteiger partial charge >= 0.3 is 6.01 Å². The van der Waals surface area contributed by atoms with E-state index in [4.69, 9.17) is 9.15 Å². The topological polar surface area (TPSA) is 95.1 Å². The summed E-state index contributed by atoms with van der Waals surface area (Å²) in [6.45, 7) is 1.86. The Hall–Kier alpha value is -3.16.